The molecule has 180 valence electrons. The largest absolute Gasteiger partial charge is 0.489 e. The van der Waals surface area contributed by atoms with Crippen LogP contribution in [-0.2, 0) is 22.3 Å². The summed E-state index contributed by atoms with van der Waals surface area (Å²) in [7, 11) is 1.48. The Balaban J connectivity index is 1.73. The zero-order valence-electron chi connectivity index (χ0n) is 18.5. The Labute approximate surface area is 199 Å². The maximum Gasteiger partial charge on any atom is 0.416 e. The number of nitrogens with zero attached hydrogens (tertiary/aromatic N) is 1. The number of aromatic nitrogens is 1. The number of amides is 1. The molecule has 0 fully saturated rings. The molecule has 10 heteroatoms. The third-order valence-electron chi connectivity index (χ3n) is 4.49. The molecular formula is C24H23F3N2O4S. The lowest BCUT2D eigenvalue weighted by Crippen LogP contribution is -2.13. The van der Waals surface area contributed by atoms with Gasteiger partial charge in [-0.1, -0.05) is 18.2 Å². The number of methoxy groups -OCH3 is 1. The summed E-state index contributed by atoms with van der Waals surface area (Å²) in [5.41, 5.74) is 0.431. The van der Waals surface area contributed by atoms with Crippen LogP contribution in [0.5, 0.6) is 11.5 Å². The van der Waals surface area contributed by atoms with Gasteiger partial charge < -0.3 is 19.5 Å². The van der Waals surface area contributed by atoms with Crippen LogP contribution in [0.3, 0.4) is 0 Å². The number of hydrogen-bond donors (Lipinski definition) is 1. The van der Waals surface area contributed by atoms with E-state index >= 15 is 0 Å². The molecule has 2 aromatic carbocycles. The Morgan fingerprint density at radius 3 is 2.62 bits per heavy atom. The predicted octanol–water partition coefficient (Wildman–Crippen LogP) is 5.73. The Morgan fingerprint density at radius 1 is 1.12 bits per heavy atom. The molecule has 0 aliphatic carbocycles. The van der Waals surface area contributed by atoms with Gasteiger partial charge in [-0.25, -0.2) is 4.98 Å². The van der Waals surface area contributed by atoms with Gasteiger partial charge >= 0.3 is 6.18 Å². The van der Waals surface area contributed by atoms with E-state index in [0.29, 0.717) is 11.3 Å². The summed E-state index contributed by atoms with van der Waals surface area (Å²) in [5, 5.41) is 5.30. The van der Waals surface area contributed by atoms with Crippen molar-refractivity contribution >= 4 is 29.0 Å². The standard InChI is InChI=1S/C24H23F3N2O4S/c1-16-28-19(15-34-16)14-33-21-6-4-3-5-17(21)7-10-23(30)29-20-13-18(24(25,26)27)8-9-22(20)32-12-11-31-2/h3-10,13,15H,11-12,14H2,1-2H3,(H,29,30). The highest BCUT2D eigenvalue weighted by molar-refractivity contribution is 7.09. The molecule has 1 N–H and O–H groups in total. The lowest BCUT2D eigenvalue weighted by atomic mass is 10.1. The first kappa shape index (κ1) is 25.3. The molecule has 1 amide bonds. The quantitative estimate of drug-likeness (QED) is 0.289. The van der Waals surface area contributed by atoms with E-state index in [2.05, 4.69) is 10.3 Å². The molecule has 0 atom stereocenters. The summed E-state index contributed by atoms with van der Waals surface area (Å²) < 4.78 is 55.6. The molecule has 0 bridgehead atoms. The van der Waals surface area contributed by atoms with Crippen LogP contribution in [0.4, 0.5) is 18.9 Å². The Kier molecular flexibility index (Phi) is 8.67. The van der Waals surface area contributed by atoms with Crippen molar-refractivity contribution in [1.29, 1.82) is 0 Å². The summed E-state index contributed by atoms with van der Waals surface area (Å²) in [6.45, 7) is 2.53. The Hall–Kier alpha value is -3.37. The van der Waals surface area contributed by atoms with Gasteiger partial charge in [0.15, 0.2) is 0 Å². The van der Waals surface area contributed by atoms with Crippen molar-refractivity contribution < 1.29 is 32.2 Å². The molecule has 0 saturated heterocycles. The zero-order valence-corrected chi connectivity index (χ0v) is 19.3. The van der Waals surface area contributed by atoms with Crippen molar-refractivity contribution in [3.05, 3.63) is 75.7 Å². The molecule has 0 aliphatic rings. The van der Waals surface area contributed by atoms with Crippen LogP contribution >= 0.6 is 11.3 Å². The summed E-state index contributed by atoms with van der Waals surface area (Å²) in [5.74, 6) is 0.0230. The topological polar surface area (TPSA) is 69.7 Å². The van der Waals surface area contributed by atoms with Crippen LogP contribution in [0.2, 0.25) is 0 Å². The van der Waals surface area contributed by atoms with Gasteiger partial charge in [0.25, 0.3) is 0 Å². The lowest BCUT2D eigenvalue weighted by molar-refractivity contribution is -0.137. The maximum absolute atomic E-state index is 13.1. The second-order valence-electron chi connectivity index (χ2n) is 7.06. The number of hydrogen-bond acceptors (Lipinski definition) is 6. The minimum atomic E-state index is -4.56. The van der Waals surface area contributed by atoms with E-state index in [4.69, 9.17) is 14.2 Å². The highest BCUT2D eigenvalue weighted by Gasteiger charge is 2.31. The number of rotatable bonds is 10. The van der Waals surface area contributed by atoms with Crippen LogP contribution in [0.25, 0.3) is 6.08 Å². The monoisotopic (exact) mass is 492 g/mol. The number of halogens is 3. The maximum atomic E-state index is 13.1. The average Bonchev–Trinajstić information content (AvgIpc) is 3.22. The average molecular weight is 493 g/mol. The van der Waals surface area contributed by atoms with Gasteiger partial charge in [0.2, 0.25) is 5.91 Å². The second kappa shape index (κ2) is 11.7. The molecule has 0 radical (unpaired) electrons. The molecule has 34 heavy (non-hydrogen) atoms. The normalized spacial score (nSPS) is 11.6. The van der Waals surface area contributed by atoms with Crippen molar-refractivity contribution in [3.63, 3.8) is 0 Å². The fraction of sp³-hybridized carbons (Fsp3) is 0.250. The number of aryl methyl sites for hydroxylation is 1. The Morgan fingerprint density at radius 2 is 1.91 bits per heavy atom. The molecule has 0 saturated carbocycles. The van der Waals surface area contributed by atoms with Crippen LogP contribution in [-0.4, -0.2) is 31.2 Å². The minimum absolute atomic E-state index is 0.0935. The highest BCUT2D eigenvalue weighted by atomic mass is 32.1. The molecule has 1 heterocycles. The van der Waals surface area contributed by atoms with Crippen LogP contribution < -0.4 is 14.8 Å². The van der Waals surface area contributed by atoms with Crippen molar-refractivity contribution in [3.8, 4) is 11.5 Å². The van der Waals surface area contributed by atoms with Gasteiger partial charge in [0.05, 0.1) is 28.6 Å². The lowest BCUT2D eigenvalue weighted by Gasteiger charge is -2.14. The van der Waals surface area contributed by atoms with E-state index in [0.717, 1.165) is 22.8 Å². The molecule has 3 aromatic rings. The molecule has 3 rings (SSSR count). The van der Waals surface area contributed by atoms with E-state index in [1.165, 1.54) is 36.7 Å². The van der Waals surface area contributed by atoms with Crippen LogP contribution in [0.15, 0.2) is 53.9 Å². The number of nitrogens with one attached hydrogen (secondary N) is 1. The van der Waals surface area contributed by atoms with Crippen molar-refractivity contribution in [1.82, 2.24) is 4.98 Å². The smallest absolute Gasteiger partial charge is 0.416 e. The van der Waals surface area contributed by atoms with E-state index in [-0.39, 0.29) is 31.3 Å². The van der Waals surface area contributed by atoms with E-state index in [1.807, 2.05) is 12.3 Å². The fourth-order valence-electron chi connectivity index (χ4n) is 2.88. The van der Waals surface area contributed by atoms with Gasteiger partial charge in [0, 0.05) is 24.1 Å². The number of benzene rings is 2. The van der Waals surface area contributed by atoms with Crippen molar-refractivity contribution in [2.75, 3.05) is 25.6 Å². The van der Waals surface area contributed by atoms with Gasteiger partial charge in [-0.05, 0) is 37.3 Å². The van der Waals surface area contributed by atoms with Gasteiger partial charge in [-0.15, -0.1) is 11.3 Å². The van der Waals surface area contributed by atoms with E-state index in [9.17, 15) is 18.0 Å². The minimum Gasteiger partial charge on any atom is -0.489 e. The number of anilines is 1. The molecule has 0 aliphatic heterocycles. The van der Waals surface area contributed by atoms with Gasteiger partial charge in [-0.2, -0.15) is 13.2 Å². The zero-order chi connectivity index (χ0) is 24.6. The molecule has 0 spiro atoms. The number of thiazole rings is 1. The van der Waals surface area contributed by atoms with Gasteiger partial charge in [0.1, 0.15) is 24.7 Å². The second-order valence-corrected chi connectivity index (χ2v) is 8.12. The number of para-hydroxylation sites is 1. The number of alkyl halides is 3. The number of ether oxygens (including phenoxy) is 3. The SMILES string of the molecule is COCCOc1ccc(C(F)(F)F)cc1NC(=O)C=Cc1ccccc1OCc1csc(C)n1. The molecule has 0 unspecified atom stereocenters. The number of carbonyl (C=O) groups is 1. The van der Waals surface area contributed by atoms with E-state index < -0.39 is 17.6 Å². The van der Waals surface area contributed by atoms with Crippen LogP contribution in [0, 0.1) is 6.92 Å². The van der Waals surface area contributed by atoms with Crippen LogP contribution in [0.1, 0.15) is 21.8 Å². The first-order valence-corrected chi connectivity index (χ1v) is 11.1. The summed E-state index contributed by atoms with van der Waals surface area (Å²) in [4.78, 5) is 16.9. The first-order chi connectivity index (χ1) is 16.3. The highest BCUT2D eigenvalue weighted by Crippen LogP contribution is 2.35. The third-order valence-corrected chi connectivity index (χ3v) is 5.31. The third kappa shape index (κ3) is 7.32. The molecular weight excluding hydrogens is 469 g/mol. The van der Waals surface area contributed by atoms with E-state index in [1.54, 1.807) is 24.3 Å². The van der Waals surface area contributed by atoms with Gasteiger partial charge in [-0.3, -0.25) is 4.79 Å². The predicted molar refractivity (Wildman–Crippen MR) is 124 cm³/mol. The number of carbonyl (C=O) groups excluding carboxylic acids is 1. The molecule has 6 nitrogen and oxygen atoms in total. The van der Waals surface area contributed by atoms with Crippen molar-refractivity contribution in [2.24, 2.45) is 0 Å². The Bertz CT molecular complexity index is 1150. The van der Waals surface area contributed by atoms with Crippen molar-refractivity contribution in [2.45, 2.75) is 19.7 Å². The first-order valence-electron chi connectivity index (χ1n) is 10.2. The summed E-state index contributed by atoms with van der Waals surface area (Å²) in [6, 6.07) is 9.99. The summed E-state index contributed by atoms with van der Waals surface area (Å²) >= 11 is 1.52. The fourth-order valence-corrected chi connectivity index (χ4v) is 3.48. The summed E-state index contributed by atoms with van der Waals surface area (Å²) in [6.07, 6.45) is -1.82. The molecule has 1 aromatic heterocycles.